The van der Waals surface area contributed by atoms with E-state index in [1.54, 1.807) is 24.3 Å². The summed E-state index contributed by atoms with van der Waals surface area (Å²) in [6, 6.07) is 11.1. The third-order valence-corrected chi connectivity index (χ3v) is 6.91. The van der Waals surface area contributed by atoms with Crippen LogP contribution in [0.25, 0.3) is 10.9 Å². The molecule has 1 fully saturated rings. The van der Waals surface area contributed by atoms with Crippen LogP contribution in [0.3, 0.4) is 0 Å². The predicted octanol–water partition coefficient (Wildman–Crippen LogP) is 2.82. The first-order valence-corrected chi connectivity index (χ1v) is 12.4. The van der Waals surface area contributed by atoms with Gasteiger partial charge in [0.1, 0.15) is 11.6 Å². The number of nitrogens with one attached hydrogen (secondary N) is 3. The minimum Gasteiger partial charge on any atom is -0.506 e. The highest BCUT2D eigenvalue weighted by Crippen LogP contribution is 2.28. The Bertz CT molecular complexity index is 1280. The van der Waals surface area contributed by atoms with Crippen molar-refractivity contribution in [3.8, 4) is 5.75 Å². The zero-order valence-corrected chi connectivity index (χ0v) is 20.5. The number of carbonyl (C=O) groups is 1. The van der Waals surface area contributed by atoms with Gasteiger partial charge in [0.15, 0.2) is 0 Å². The predicted molar refractivity (Wildman–Crippen MR) is 137 cm³/mol. The second-order valence-electron chi connectivity index (χ2n) is 9.06. The molecule has 1 atom stereocenters. The van der Waals surface area contributed by atoms with Crippen LogP contribution >= 0.6 is 11.6 Å². The van der Waals surface area contributed by atoms with Gasteiger partial charge in [-0.1, -0.05) is 29.8 Å². The number of aliphatic hydroxyl groups is 1. The first kappa shape index (κ1) is 26.1. The van der Waals surface area contributed by atoms with Crippen molar-refractivity contribution in [2.45, 2.75) is 38.0 Å². The quantitative estimate of drug-likeness (QED) is 0.298. The summed E-state index contributed by atoms with van der Waals surface area (Å²) in [5.74, 6) is -0.683. The molecule has 0 bridgehead atoms. The molecule has 0 spiro atoms. The summed E-state index contributed by atoms with van der Waals surface area (Å²) in [5.41, 5.74) is 0.988. The van der Waals surface area contributed by atoms with Gasteiger partial charge >= 0.3 is 0 Å². The number of pyridine rings is 1. The van der Waals surface area contributed by atoms with Crippen LogP contribution in [0.15, 0.2) is 47.3 Å². The Kier molecular flexibility index (Phi) is 8.58. The van der Waals surface area contributed by atoms with Crippen LogP contribution in [0.2, 0.25) is 5.02 Å². The van der Waals surface area contributed by atoms with Gasteiger partial charge in [-0.05, 0) is 49.7 Å². The Morgan fingerprint density at radius 3 is 2.75 bits per heavy atom. The number of hydrogen-bond acceptors (Lipinski definition) is 6. The van der Waals surface area contributed by atoms with Crippen molar-refractivity contribution in [1.82, 2.24) is 20.5 Å². The molecule has 192 valence electrons. The number of hydrogen-bond donors (Lipinski definition) is 5. The molecule has 0 aliphatic carbocycles. The van der Waals surface area contributed by atoms with Crippen LogP contribution in [-0.2, 0) is 11.3 Å². The lowest BCUT2D eigenvalue weighted by molar-refractivity contribution is -0.121. The summed E-state index contributed by atoms with van der Waals surface area (Å²) in [4.78, 5) is 28.6. The molecule has 3 aromatic rings. The number of phenols is 1. The maximum absolute atomic E-state index is 13.9. The van der Waals surface area contributed by atoms with Crippen molar-refractivity contribution in [1.29, 1.82) is 0 Å². The number of rotatable bonds is 9. The number of nitrogens with zero attached hydrogens (tertiary/aromatic N) is 1. The molecule has 1 aliphatic heterocycles. The third-order valence-electron chi connectivity index (χ3n) is 6.62. The van der Waals surface area contributed by atoms with Crippen LogP contribution < -0.4 is 16.2 Å². The lowest BCUT2D eigenvalue weighted by Gasteiger charge is -2.32. The Morgan fingerprint density at radius 1 is 1.19 bits per heavy atom. The number of halogens is 2. The second-order valence-corrected chi connectivity index (χ2v) is 9.47. The van der Waals surface area contributed by atoms with Crippen molar-refractivity contribution in [2.24, 2.45) is 0 Å². The Labute approximate surface area is 213 Å². The molecule has 1 aromatic heterocycles. The summed E-state index contributed by atoms with van der Waals surface area (Å²) in [6.45, 7) is 2.72. The number of fused-ring (bicyclic) bond motifs is 1. The maximum atomic E-state index is 13.9. The van der Waals surface area contributed by atoms with Crippen molar-refractivity contribution >= 4 is 28.4 Å². The van der Waals surface area contributed by atoms with Gasteiger partial charge < -0.3 is 30.7 Å². The van der Waals surface area contributed by atoms with E-state index in [1.165, 1.54) is 18.2 Å². The third kappa shape index (κ3) is 6.41. The molecule has 4 rings (SSSR count). The molecule has 36 heavy (non-hydrogen) atoms. The standard InChI is InChI=1S/C26H30ClFN4O4/c27-20-3-1-2-16(25(20)28)14-30-23(35)10-13-32-11-8-17(9-12-32)29-15-22(34)18-4-6-21(33)26-19(18)5-7-24(36)31-26/h1-7,17,22,29,33-34H,8-15H2,(H,30,35)(H,31,36). The van der Waals surface area contributed by atoms with Crippen LogP contribution in [0, 0.1) is 5.82 Å². The molecule has 2 aromatic carbocycles. The number of aromatic nitrogens is 1. The first-order chi connectivity index (χ1) is 17.3. The summed E-state index contributed by atoms with van der Waals surface area (Å²) in [6.07, 6.45) is 1.29. The molecule has 2 heterocycles. The second kappa shape index (κ2) is 11.8. The fraction of sp³-hybridized carbons (Fsp3) is 0.385. The minimum absolute atomic E-state index is 0.0377. The number of aliphatic hydroxyl groups excluding tert-OH is 1. The number of aromatic hydroxyl groups is 1. The molecule has 0 radical (unpaired) electrons. The highest BCUT2D eigenvalue weighted by molar-refractivity contribution is 6.30. The van der Waals surface area contributed by atoms with E-state index >= 15 is 0 Å². The zero-order chi connectivity index (χ0) is 25.7. The molecule has 1 aliphatic rings. The fourth-order valence-electron chi connectivity index (χ4n) is 4.53. The molecular formula is C26H30ClFN4O4. The van der Waals surface area contributed by atoms with Gasteiger partial charge in [-0.25, -0.2) is 4.39 Å². The fourth-order valence-corrected chi connectivity index (χ4v) is 4.72. The molecular weight excluding hydrogens is 487 g/mol. The highest BCUT2D eigenvalue weighted by Gasteiger charge is 2.21. The number of phenolic OH excluding ortho intramolecular Hbond substituents is 1. The van der Waals surface area contributed by atoms with Gasteiger partial charge in [0.05, 0.1) is 16.6 Å². The number of amides is 1. The maximum Gasteiger partial charge on any atom is 0.248 e. The van der Waals surface area contributed by atoms with E-state index in [1.807, 2.05) is 0 Å². The largest absolute Gasteiger partial charge is 0.506 e. The van der Waals surface area contributed by atoms with Gasteiger partial charge in [0.25, 0.3) is 0 Å². The monoisotopic (exact) mass is 516 g/mol. The van der Waals surface area contributed by atoms with Crippen molar-refractivity contribution < 1.29 is 19.4 Å². The van der Waals surface area contributed by atoms with Crippen LogP contribution in [0.5, 0.6) is 5.75 Å². The summed E-state index contributed by atoms with van der Waals surface area (Å²) in [5, 5.41) is 27.6. The van der Waals surface area contributed by atoms with Gasteiger partial charge in [-0.3, -0.25) is 9.59 Å². The van der Waals surface area contributed by atoms with Crippen molar-refractivity contribution in [2.75, 3.05) is 26.2 Å². The number of carbonyl (C=O) groups excluding carboxylic acids is 1. The molecule has 1 saturated heterocycles. The van der Waals surface area contributed by atoms with E-state index in [9.17, 15) is 24.2 Å². The van der Waals surface area contributed by atoms with E-state index in [4.69, 9.17) is 11.6 Å². The average Bonchev–Trinajstić information content (AvgIpc) is 2.88. The van der Waals surface area contributed by atoms with Crippen LogP contribution in [-0.4, -0.2) is 58.2 Å². The van der Waals surface area contributed by atoms with Crippen LogP contribution in [0.4, 0.5) is 4.39 Å². The van der Waals surface area contributed by atoms with E-state index in [0.29, 0.717) is 41.5 Å². The lowest BCUT2D eigenvalue weighted by Crippen LogP contribution is -2.44. The zero-order valence-electron chi connectivity index (χ0n) is 19.8. The minimum atomic E-state index is -0.801. The van der Waals surface area contributed by atoms with E-state index < -0.39 is 11.9 Å². The van der Waals surface area contributed by atoms with Gasteiger partial charge in [0.2, 0.25) is 11.5 Å². The average molecular weight is 517 g/mol. The van der Waals surface area contributed by atoms with Crippen molar-refractivity contribution in [3.05, 3.63) is 74.8 Å². The number of likely N-dealkylation sites (tertiary alicyclic amines) is 1. The Hall–Kier alpha value is -2.98. The van der Waals surface area contributed by atoms with Gasteiger partial charge in [-0.2, -0.15) is 0 Å². The molecule has 1 unspecified atom stereocenters. The SMILES string of the molecule is O=C(CCN1CCC(NCC(O)c2ccc(O)c3[nH]c(=O)ccc23)CC1)NCc1cccc(Cl)c1F. The summed E-state index contributed by atoms with van der Waals surface area (Å²) < 4.78 is 13.9. The Balaban J connectivity index is 1.19. The summed E-state index contributed by atoms with van der Waals surface area (Å²) in [7, 11) is 0. The topological polar surface area (TPSA) is 118 Å². The van der Waals surface area contributed by atoms with E-state index in [-0.39, 0.29) is 34.8 Å². The van der Waals surface area contributed by atoms with E-state index in [2.05, 4.69) is 20.5 Å². The molecule has 0 saturated carbocycles. The van der Waals surface area contributed by atoms with Gasteiger partial charge in [-0.15, -0.1) is 0 Å². The number of H-pyrrole nitrogens is 1. The molecule has 10 heteroatoms. The normalized spacial score (nSPS) is 15.8. The van der Waals surface area contributed by atoms with E-state index in [0.717, 1.165) is 25.9 Å². The number of aromatic amines is 1. The first-order valence-electron chi connectivity index (χ1n) is 12.0. The number of benzene rings is 2. The molecule has 5 N–H and O–H groups in total. The summed E-state index contributed by atoms with van der Waals surface area (Å²) >= 11 is 5.77. The molecule has 8 nitrogen and oxygen atoms in total. The molecule has 1 amide bonds. The van der Waals surface area contributed by atoms with Gasteiger partial charge in [0, 0.05) is 49.1 Å². The number of piperidine rings is 1. The van der Waals surface area contributed by atoms with Crippen LogP contribution in [0.1, 0.15) is 36.5 Å². The highest BCUT2D eigenvalue weighted by atomic mass is 35.5. The Morgan fingerprint density at radius 2 is 1.97 bits per heavy atom. The van der Waals surface area contributed by atoms with Crippen molar-refractivity contribution in [3.63, 3.8) is 0 Å². The smallest absolute Gasteiger partial charge is 0.248 e. The lowest BCUT2D eigenvalue weighted by atomic mass is 10.0.